The highest BCUT2D eigenvalue weighted by Gasteiger charge is 2.26. The lowest BCUT2D eigenvalue weighted by Gasteiger charge is -2.20. The minimum atomic E-state index is -0.253. The lowest BCUT2D eigenvalue weighted by atomic mass is 10.1. The minimum Gasteiger partial charge on any atom is -0.380 e. The van der Waals surface area contributed by atoms with Gasteiger partial charge in [0.2, 0.25) is 0 Å². The zero-order valence-corrected chi connectivity index (χ0v) is 10.6. The maximum Gasteiger partial charge on any atom is 0.129 e. The van der Waals surface area contributed by atoms with Crippen LogP contribution >= 0.6 is 11.6 Å². The Balaban J connectivity index is 1.98. The van der Waals surface area contributed by atoms with Crippen molar-refractivity contribution >= 4 is 11.6 Å². The molecule has 0 aromatic heterocycles. The Morgan fingerprint density at radius 3 is 3.00 bits per heavy atom. The Labute approximate surface area is 106 Å². The summed E-state index contributed by atoms with van der Waals surface area (Å²) in [7, 11) is 1.72. The number of benzene rings is 1. The number of rotatable bonds is 4. The Morgan fingerprint density at radius 1 is 1.47 bits per heavy atom. The van der Waals surface area contributed by atoms with Crippen LogP contribution in [0.25, 0.3) is 0 Å². The number of hydrogen-bond acceptors (Lipinski definition) is 2. The molecule has 0 aliphatic heterocycles. The maximum atomic E-state index is 13.5. The predicted molar refractivity (Wildman–Crippen MR) is 66.7 cm³/mol. The molecule has 2 nitrogen and oxygen atoms in total. The average molecular weight is 258 g/mol. The summed E-state index contributed by atoms with van der Waals surface area (Å²) >= 11 is 5.97. The number of hydrogen-bond donors (Lipinski definition) is 1. The van der Waals surface area contributed by atoms with Crippen LogP contribution in [0.15, 0.2) is 18.2 Å². The number of ether oxygens (including phenoxy) is 1. The van der Waals surface area contributed by atoms with Crippen LogP contribution < -0.4 is 5.32 Å². The summed E-state index contributed by atoms with van der Waals surface area (Å²) in [5, 5.41) is 3.81. The molecule has 1 aromatic rings. The molecule has 94 valence electrons. The summed E-state index contributed by atoms with van der Waals surface area (Å²) in [6.07, 6.45) is 3.53. The van der Waals surface area contributed by atoms with Crippen LogP contribution in [0.2, 0.25) is 5.02 Å². The van der Waals surface area contributed by atoms with E-state index in [0.29, 0.717) is 23.2 Å². The quantitative estimate of drug-likeness (QED) is 0.895. The number of nitrogens with one attached hydrogen (secondary N) is 1. The van der Waals surface area contributed by atoms with Gasteiger partial charge in [-0.2, -0.15) is 0 Å². The Hall–Kier alpha value is -0.640. The van der Waals surface area contributed by atoms with Crippen molar-refractivity contribution in [1.82, 2.24) is 5.32 Å². The van der Waals surface area contributed by atoms with Crippen molar-refractivity contribution in [2.45, 2.75) is 38.0 Å². The van der Waals surface area contributed by atoms with Crippen molar-refractivity contribution in [2.24, 2.45) is 0 Å². The fourth-order valence-electron chi connectivity index (χ4n) is 2.38. The second kappa shape index (κ2) is 5.80. The number of methoxy groups -OCH3 is 1. The molecule has 0 spiro atoms. The molecule has 1 N–H and O–H groups in total. The van der Waals surface area contributed by atoms with Crippen LogP contribution in [0, 0.1) is 5.82 Å². The molecule has 1 saturated carbocycles. The van der Waals surface area contributed by atoms with Gasteiger partial charge in [-0.25, -0.2) is 4.39 Å². The van der Waals surface area contributed by atoms with E-state index in [1.807, 2.05) is 0 Å². The van der Waals surface area contributed by atoms with Crippen LogP contribution in [0.1, 0.15) is 24.8 Å². The van der Waals surface area contributed by atoms with E-state index in [0.717, 1.165) is 19.3 Å². The van der Waals surface area contributed by atoms with E-state index in [4.69, 9.17) is 16.3 Å². The molecule has 1 aliphatic rings. The molecule has 0 saturated heterocycles. The maximum absolute atomic E-state index is 13.5. The first-order valence-corrected chi connectivity index (χ1v) is 6.29. The highest BCUT2D eigenvalue weighted by atomic mass is 35.5. The second-order valence-electron chi connectivity index (χ2n) is 4.39. The van der Waals surface area contributed by atoms with E-state index in [9.17, 15) is 4.39 Å². The van der Waals surface area contributed by atoms with Gasteiger partial charge in [-0.05, 0) is 31.4 Å². The summed E-state index contributed by atoms with van der Waals surface area (Å²) in [4.78, 5) is 0. The fourth-order valence-corrected chi connectivity index (χ4v) is 2.61. The highest BCUT2D eigenvalue weighted by molar-refractivity contribution is 6.31. The second-order valence-corrected chi connectivity index (χ2v) is 4.80. The lowest BCUT2D eigenvalue weighted by Crippen LogP contribution is -2.36. The third kappa shape index (κ3) is 2.97. The van der Waals surface area contributed by atoms with Gasteiger partial charge in [0.25, 0.3) is 0 Å². The molecule has 2 unspecified atom stereocenters. The average Bonchev–Trinajstić information content (AvgIpc) is 2.76. The molecule has 17 heavy (non-hydrogen) atoms. The number of halogens is 2. The predicted octanol–water partition coefficient (Wildman–Crippen LogP) is 3.14. The largest absolute Gasteiger partial charge is 0.380 e. The van der Waals surface area contributed by atoms with Crippen molar-refractivity contribution in [3.8, 4) is 0 Å². The van der Waals surface area contributed by atoms with Gasteiger partial charge >= 0.3 is 0 Å². The van der Waals surface area contributed by atoms with Gasteiger partial charge in [-0.3, -0.25) is 0 Å². The van der Waals surface area contributed by atoms with Crippen LogP contribution in [0.4, 0.5) is 4.39 Å². The molecule has 1 fully saturated rings. The Kier molecular flexibility index (Phi) is 4.37. The van der Waals surface area contributed by atoms with Gasteiger partial charge in [0.1, 0.15) is 5.82 Å². The summed E-state index contributed by atoms with van der Waals surface area (Å²) in [6.45, 7) is 0.454. The molecule has 0 amide bonds. The van der Waals surface area contributed by atoms with Crippen molar-refractivity contribution in [3.05, 3.63) is 34.6 Å². The van der Waals surface area contributed by atoms with Crippen molar-refractivity contribution in [3.63, 3.8) is 0 Å². The lowest BCUT2D eigenvalue weighted by molar-refractivity contribution is 0.0846. The summed E-state index contributed by atoms with van der Waals surface area (Å²) in [5.41, 5.74) is 0.538. The zero-order valence-electron chi connectivity index (χ0n) is 9.88. The van der Waals surface area contributed by atoms with E-state index in [1.54, 1.807) is 19.2 Å². The molecular weight excluding hydrogens is 241 g/mol. The van der Waals surface area contributed by atoms with E-state index < -0.39 is 0 Å². The van der Waals surface area contributed by atoms with Crippen LogP contribution in [-0.4, -0.2) is 19.3 Å². The van der Waals surface area contributed by atoms with Gasteiger partial charge in [0.05, 0.1) is 6.10 Å². The first kappa shape index (κ1) is 12.8. The zero-order chi connectivity index (χ0) is 12.3. The topological polar surface area (TPSA) is 21.3 Å². The normalized spacial score (nSPS) is 24.2. The Morgan fingerprint density at radius 2 is 2.29 bits per heavy atom. The summed E-state index contributed by atoms with van der Waals surface area (Å²) in [6, 6.07) is 5.07. The molecule has 1 aliphatic carbocycles. The third-order valence-corrected chi connectivity index (χ3v) is 3.71. The van der Waals surface area contributed by atoms with Crippen LogP contribution in [-0.2, 0) is 11.3 Å². The summed E-state index contributed by atoms with van der Waals surface area (Å²) < 4.78 is 18.9. The molecule has 2 atom stereocenters. The molecular formula is C13H17ClFNO. The van der Waals surface area contributed by atoms with Crippen molar-refractivity contribution in [2.75, 3.05) is 7.11 Å². The van der Waals surface area contributed by atoms with Gasteiger partial charge in [-0.15, -0.1) is 0 Å². The molecule has 0 bridgehead atoms. The van der Waals surface area contributed by atoms with E-state index in [1.165, 1.54) is 6.07 Å². The first-order chi connectivity index (χ1) is 8.22. The van der Waals surface area contributed by atoms with Crippen molar-refractivity contribution < 1.29 is 9.13 Å². The fraction of sp³-hybridized carbons (Fsp3) is 0.538. The molecule has 0 heterocycles. The van der Waals surface area contributed by atoms with Crippen molar-refractivity contribution in [1.29, 1.82) is 0 Å². The van der Waals surface area contributed by atoms with Crippen LogP contribution in [0.5, 0.6) is 0 Å². The van der Waals surface area contributed by atoms with Gasteiger partial charge in [0.15, 0.2) is 0 Å². The Bertz CT molecular complexity index is 365. The smallest absolute Gasteiger partial charge is 0.129 e. The molecule has 1 aromatic carbocycles. The van der Waals surface area contributed by atoms with Gasteiger partial charge in [0, 0.05) is 30.3 Å². The van der Waals surface area contributed by atoms with Crippen LogP contribution in [0.3, 0.4) is 0 Å². The molecule has 0 radical (unpaired) electrons. The highest BCUT2D eigenvalue weighted by Crippen LogP contribution is 2.23. The standard InChI is InChI=1S/C13H17ClFNO/c1-17-13-7-3-6-12(13)16-8-9-10(14)4-2-5-11(9)15/h2,4-5,12-13,16H,3,6-8H2,1H3. The van der Waals surface area contributed by atoms with Gasteiger partial charge in [-0.1, -0.05) is 17.7 Å². The van der Waals surface area contributed by atoms with E-state index >= 15 is 0 Å². The van der Waals surface area contributed by atoms with E-state index in [-0.39, 0.29) is 11.9 Å². The first-order valence-electron chi connectivity index (χ1n) is 5.91. The molecule has 4 heteroatoms. The van der Waals surface area contributed by atoms with E-state index in [2.05, 4.69) is 5.32 Å². The third-order valence-electron chi connectivity index (χ3n) is 3.36. The SMILES string of the molecule is COC1CCCC1NCc1c(F)cccc1Cl. The minimum absolute atomic E-state index is 0.237. The monoisotopic (exact) mass is 257 g/mol. The molecule has 2 rings (SSSR count). The van der Waals surface area contributed by atoms with Gasteiger partial charge < -0.3 is 10.1 Å². The summed E-state index contributed by atoms with van der Waals surface area (Å²) in [5.74, 6) is -0.253.